The van der Waals surface area contributed by atoms with E-state index in [9.17, 15) is 9.59 Å². The van der Waals surface area contributed by atoms with Crippen molar-refractivity contribution in [2.24, 2.45) is 0 Å². The second-order valence-corrected chi connectivity index (χ2v) is 5.40. The van der Waals surface area contributed by atoms with Gasteiger partial charge >= 0.3 is 0 Å². The minimum Gasteiger partial charge on any atom is -0.350 e. The number of rotatable bonds is 5. The van der Waals surface area contributed by atoms with Gasteiger partial charge in [0.2, 0.25) is 11.8 Å². The van der Waals surface area contributed by atoms with E-state index in [0.29, 0.717) is 19.4 Å². The third-order valence-electron chi connectivity index (χ3n) is 3.71. The van der Waals surface area contributed by atoms with Crippen LogP contribution in [0.1, 0.15) is 24.0 Å². The SMILES string of the molecule is O=C1CC[C@H](C(=O)NCc2ccc(Cn3cccn3)cc2)N1. The van der Waals surface area contributed by atoms with E-state index in [0.717, 1.165) is 17.7 Å². The highest BCUT2D eigenvalue weighted by atomic mass is 16.2. The van der Waals surface area contributed by atoms with E-state index in [1.54, 1.807) is 6.20 Å². The molecule has 0 saturated carbocycles. The van der Waals surface area contributed by atoms with Gasteiger partial charge in [0.1, 0.15) is 6.04 Å². The van der Waals surface area contributed by atoms with E-state index in [-0.39, 0.29) is 17.9 Å². The maximum atomic E-state index is 11.9. The summed E-state index contributed by atoms with van der Waals surface area (Å²) in [5.41, 5.74) is 2.18. The molecule has 0 aliphatic carbocycles. The summed E-state index contributed by atoms with van der Waals surface area (Å²) in [5, 5.41) is 9.69. The van der Waals surface area contributed by atoms with Gasteiger partial charge in [-0.05, 0) is 23.6 Å². The average Bonchev–Trinajstić information content (AvgIpc) is 3.18. The number of amides is 2. The third kappa shape index (κ3) is 3.52. The largest absolute Gasteiger partial charge is 0.350 e. The first-order valence-electron chi connectivity index (χ1n) is 7.33. The van der Waals surface area contributed by atoms with E-state index < -0.39 is 0 Å². The van der Waals surface area contributed by atoms with Crippen molar-refractivity contribution in [2.45, 2.75) is 32.0 Å². The Kier molecular flexibility index (Phi) is 4.18. The van der Waals surface area contributed by atoms with Crippen LogP contribution >= 0.6 is 0 Å². The zero-order valence-electron chi connectivity index (χ0n) is 12.2. The highest BCUT2D eigenvalue weighted by Crippen LogP contribution is 2.08. The summed E-state index contributed by atoms with van der Waals surface area (Å²) in [7, 11) is 0. The molecule has 1 saturated heterocycles. The van der Waals surface area contributed by atoms with E-state index in [1.165, 1.54) is 0 Å². The van der Waals surface area contributed by atoms with Crippen LogP contribution < -0.4 is 10.6 Å². The summed E-state index contributed by atoms with van der Waals surface area (Å²) < 4.78 is 1.86. The second-order valence-electron chi connectivity index (χ2n) is 5.40. The van der Waals surface area contributed by atoms with Gasteiger partial charge in [-0.15, -0.1) is 0 Å². The molecule has 6 heteroatoms. The molecule has 0 spiro atoms. The minimum atomic E-state index is -0.383. The van der Waals surface area contributed by atoms with Crippen LogP contribution in [0.2, 0.25) is 0 Å². The molecule has 2 aromatic rings. The molecule has 0 bridgehead atoms. The van der Waals surface area contributed by atoms with Gasteiger partial charge < -0.3 is 10.6 Å². The number of hydrogen-bond donors (Lipinski definition) is 2. The fourth-order valence-corrected chi connectivity index (χ4v) is 2.47. The Balaban J connectivity index is 1.50. The first-order valence-corrected chi connectivity index (χ1v) is 7.33. The Hall–Kier alpha value is -2.63. The van der Waals surface area contributed by atoms with Gasteiger partial charge in [-0.1, -0.05) is 24.3 Å². The molecular weight excluding hydrogens is 280 g/mol. The molecule has 1 aliphatic heterocycles. The fourth-order valence-electron chi connectivity index (χ4n) is 2.47. The average molecular weight is 298 g/mol. The number of benzene rings is 1. The Morgan fingerprint density at radius 1 is 1.32 bits per heavy atom. The Labute approximate surface area is 128 Å². The molecule has 0 radical (unpaired) electrons. The van der Waals surface area contributed by atoms with Crippen molar-refractivity contribution in [3.8, 4) is 0 Å². The van der Waals surface area contributed by atoms with Crippen LogP contribution in [-0.4, -0.2) is 27.6 Å². The van der Waals surface area contributed by atoms with Gasteiger partial charge in [0, 0.05) is 25.4 Å². The third-order valence-corrected chi connectivity index (χ3v) is 3.71. The van der Waals surface area contributed by atoms with E-state index in [2.05, 4.69) is 15.7 Å². The molecule has 2 N–H and O–H groups in total. The molecule has 2 amide bonds. The lowest BCUT2D eigenvalue weighted by Crippen LogP contribution is -2.41. The maximum Gasteiger partial charge on any atom is 0.242 e. The monoisotopic (exact) mass is 298 g/mol. The van der Waals surface area contributed by atoms with Crippen LogP contribution in [0.3, 0.4) is 0 Å². The number of nitrogens with zero attached hydrogens (tertiary/aromatic N) is 2. The van der Waals surface area contributed by atoms with Crippen molar-refractivity contribution in [2.75, 3.05) is 0 Å². The quantitative estimate of drug-likeness (QED) is 0.858. The van der Waals surface area contributed by atoms with Crippen LogP contribution in [-0.2, 0) is 22.7 Å². The van der Waals surface area contributed by atoms with Crippen molar-refractivity contribution in [3.05, 3.63) is 53.9 Å². The molecule has 1 aromatic carbocycles. The molecule has 1 aliphatic rings. The molecule has 1 fully saturated rings. The van der Waals surface area contributed by atoms with Gasteiger partial charge in [0.15, 0.2) is 0 Å². The predicted molar refractivity (Wildman–Crippen MR) is 80.8 cm³/mol. The van der Waals surface area contributed by atoms with Gasteiger partial charge in [0.05, 0.1) is 6.54 Å². The zero-order chi connectivity index (χ0) is 15.4. The van der Waals surface area contributed by atoms with Gasteiger partial charge in [-0.25, -0.2) is 0 Å². The summed E-state index contributed by atoms with van der Waals surface area (Å²) in [6.07, 6.45) is 4.68. The van der Waals surface area contributed by atoms with Crippen molar-refractivity contribution in [1.82, 2.24) is 20.4 Å². The van der Waals surface area contributed by atoms with Crippen molar-refractivity contribution < 1.29 is 9.59 Å². The van der Waals surface area contributed by atoms with Crippen LogP contribution in [0.25, 0.3) is 0 Å². The first kappa shape index (κ1) is 14.3. The minimum absolute atomic E-state index is 0.0527. The Morgan fingerprint density at radius 3 is 2.73 bits per heavy atom. The summed E-state index contributed by atoms with van der Waals surface area (Å²) in [6, 6.07) is 9.55. The number of carbonyl (C=O) groups excluding carboxylic acids is 2. The van der Waals surface area contributed by atoms with E-state index in [4.69, 9.17) is 0 Å². The molecule has 3 rings (SSSR count). The van der Waals surface area contributed by atoms with Crippen LogP contribution in [0.15, 0.2) is 42.7 Å². The van der Waals surface area contributed by atoms with Gasteiger partial charge in [0.25, 0.3) is 0 Å². The molecule has 22 heavy (non-hydrogen) atoms. The highest BCUT2D eigenvalue weighted by Gasteiger charge is 2.26. The molecule has 114 valence electrons. The molecule has 2 heterocycles. The highest BCUT2D eigenvalue weighted by molar-refractivity contribution is 5.90. The molecule has 6 nitrogen and oxygen atoms in total. The predicted octanol–water partition coefficient (Wildman–Crippen LogP) is 0.826. The Bertz CT molecular complexity index is 649. The van der Waals surface area contributed by atoms with E-state index >= 15 is 0 Å². The summed E-state index contributed by atoms with van der Waals surface area (Å²) >= 11 is 0. The Morgan fingerprint density at radius 2 is 2.09 bits per heavy atom. The van der Waals surface area contributed by atoms with Crippen molar-refractivity contribution in [1.29, 1.82) is 0 Å². The van der Waals surface area contributed by atoms with Crippen LogP contribution in [0.4, 0.5) is 0 Å². The summed E-state index contributed by atoms with van der Waals surface area (Å²) in [6.45, 7) is 1.20. The van der Waals surface area contributed by atoms with Gasteiger partial charge in [-0.2, -0.15) is 5.10 Å². The maximum absolute atomic E-state index is 11.9. The number of nitrogens with one attached hydrogen (secondary N) is 2. The smallest absolute Gasteiger partial charge is 0.242 e. The lowest BCUT2D eigenvalue weighted by atomic mass is 10.1. The molecule has 1 aromatic heterocycles. The number of aromatic nitrogens is 2. The molecular formula is C16H18N4O2. The summed E-state index contributed by atoms with van der Waals surface area (Å²) in [4.78, 5) is 23.0. The lowest BCUT2D eigenvalue weighted by molar-refractivity contribution is -0.125. The van der Waals surface area contributed by atoms with Crippen LogP contribution in [0.5, 0.6) is 0 Å². The van der Waals surface area contributed by atoms with Crippen molar-refractivity contribution >= 4 is 11.8 Å². The number of hydrogen-bond acceptors (Lipinski definition) is 3. The molecule has 1 atom stereocenters. The zero-order valence-corrected chi connectivity index (χ0v) is 12.2. The van der Waals surface area contributed by atoms with Gasteiger partial charge in [-0.3, -0.25) is 14.3 Å². The van der Waals surface area contributed by atoms with E-state index in [1.807, 2.05) is 41.2 Å². The fraction of sp³-hybridized carbons (Fsp3) is 0.312. The lowest BCUT2D eigenvalue weighted by Gasteiger charge is -2.11. The first-order chi connectivity index (χ1) is 10.7. The van der Waals surface area contributed by atoms with Crippen LogP contribution in [0, 0.1) is 0 Å². The normalized spacial score (nSPS) is 17.3. The standard InChI is InChI=1S/C16H18N4O2/c21-15-7-6-14(19-15)16(22)17-10-12-2-4-13(5-3-12)11-20-9-1-8-18-20/h1-5,8-9,14H,6-7,10-11H2,(H,17,22)(H,19,21)/t14-/m1/s1. The van der Waals surface area contributed by atoms with Crippen molar-refractivity contribution in [3.63, 3.8) is 0 Å². The topological polar surface area (TPSA) is 76.0 Å². The second kappa shape index (κ2) is 6.43. The number of carbonyl (C=O) groups is 2. The summed E-state index contributed by atoms with van der Waals surface area (Å²) in [5.74, 6) is -0.172. The molecule has 0 unspecified atom stereocenters.